The maximum atomic E-state index is 4.89. The lowest BCUT2D eigenvalue weighted by atomic mass is 10.1. The average molecular weight is 303 g/mol. The molecule has 2 unspecified atom stereocenters. The van der Waals surface area contributed by atoms with Crippen LogP contribution in [0.15, 0.2) is 53.8 Å². The van der Waals surface area contributed by atoms with E-state index in [1.54, 1.807) is 6.08 Å². The summed E-state index contributed by atoms with van der Waals surface area (Å²) in [5.74, 6) is 1.58. The van der Waals surface area contributed by atoms with E-state index in [1.807, 2.05) is 27.1 Å². The number of hydrogen-bond acceptors (Lipinski definition) is 2. The second-order valence-electron chi connectivity index (χ2n) is 5.90. The lowest BCUT2D eigenvalue weighted by Gasteiger charge is -2.22. The largest absolute Gasteiger partial charge is 0.366 e. The van der Waals surface area contributed by atoms with Crippen LogP contribution in [0.2, 0.25) is 0 Å². The number of allylic oxidation sites excluding steroid dienone is 5. The summed E-state index contributed by atoms with van der Waals surface area (Å²) in [5.41, 5.74) is 1.92. The Bertz CT molecular complexity index is 442. The number of rotatable bonds is 9. The highest BCUT2D eigenvalue weighted by molar-refractivity contribution is 5.82. The molecule has 0 heterocycles. The molecule has 0 aromatic carbocycles. The summed E-state index contributed by atoms with van der Waals surface area (Å²) in [7, 11) is 4.09. The highest BCUT2D eigenvalue weighted by atomic mass is 15.1. The van der Waals surface area contributed by atoms with Gasteiger partial charge in [-0.05, 0) is 32.3 Å². The van der Waals surface area contributed by atoms with Gasteiger partial charge in [0.1, 0.15) is 0 Å². The Morgan fingerprint density at radius 3 is 2.41 bits per heavy atom. The lowest BCUT2D eigenvalue weighted by molar-refractivity contribution is 0.570. The van der Waals surface area contributed by atoms with Gasteiger partial charge < -0.3 is 10.2 Å². The van der Waals surface area contributed by atoms with Gasteiger partial charge in [-0.25, -0.2) is 0 Å². The molecule has 0 saturated carbocycles. The standard InChI is InChI=1S/C19H33N3/c1-9-11-13-16(5)14-19(22(7)8)21-17(6)18(12-10-2)20-15(3)4/h10-13,16-17,20H,2-3,9,14H2,1,4-8H3/b13-11+,18-12+,21-19+. The number of amidine groups is 1. The maximum Gasteiger partial charge on any atom is 0.0997 e. The Kier molecular flexibility index (Phi) is 10.0. The van der Waals surface area contributed by atoms with Gasteiger partial charge in [0.25, 0.3) is 0 Å². The maximum absolute atomic E-state index is 4.89. The van der Waals surface area contributed by atoms with Gasteiger partial charge >= 0.3 is 0 Å². The van der Waals surface area contributed by atoms with Crippen molar-refractivity contribution in [2.75, 3.05) is 14.1 Å². The highest BCUT2D eigenvalue weighted by Gasteiger charge is 2.12. The van der Waals surface area contributed by atoms with Crippen molar-refractivity contribution in [2.24, 2.45) is 10.9 Å². The van der Waals surface area contributed by atoms with Crippen molar-refractivity contribution in [3.05, 3.63) is 48.9 Å². The summed E-state index contributed by atoms with van der Waals surface area (Å²) in [6.07, 6.45) is 10.2. The van der Waals surface area contributed by atoms with Crippen LogP contribution in [0.1, 0.15) is 40.5 Å². The Morgan fingerprint density at radius 1 is 1.32 bits per heavy atom. The zero-order valence-electron chi connectivity index (χ0n) is 15.2. The quantitative estimate of drug-likeness (QED) is 0.293. The van der Waals surface area contributed by atoms with Crippen LogP contribution in [0.4, 0.5) is 0 Å². The monoisotopic (exact) mass is 303 g/mol. The molecule has 0 radical (unpaired) electrons. The number of nitrogens with zero attached hydrogens (tertiary/aromatic N) is 2. The predicted molar refractivity (Wildman–Crippen MR) is 100 cm³/mol. The summed E-state index contributed by atoms with van der Waals surface area (Å²) in [6.45, 7) is 16.1. The number of hydrogen-bond donors (Lipinski definition) is 1. The molecule has 0 amide bonds. The van der Waals surface area contributed by atoms with E-state index in [0.29, 0.717) is 5.92 Å². The third-order valence-corrected chi connectivity index (χ3v) is 3.17. The van der Waals surface area contributed by atoms with Crippen molar-refractivity contribution >= 4 is 5.84 Å². The van der Waals surface area contributed by atoms with Crippen LogP contribution in [0.3, 0.4) is 0 Å². The predicted octanol–water partition coefficient (Wildman–Crippen LogP) is 4.52. The smallest absolute Gasteiger partial charge is 0.0997 e. The Hall–Kier alpha value is -1.77. The van der Waals surface area contributed by atoms with Crippen molar-refractivity contribution < 1.29 is 0 Å². The molecule has 0 aromatic rings. The zero-order valence-corrected chi connectivity index (χ0v) is 15.2. The Labute approximate surface area is 137 Å². The van der Waals surface area contributed by atoms with Gasteiger partial charge in [0.15, 0.2) is 0 Å². The first-order valence-corrected chi connectivity index (χ1v) is 7.97. The van der Waals surface area contributed by atoms with Crippen molar-refractivity contribution in [3.8, 4) is 0 Å². The fourth-order valence-electron chi connectivity index (χ4n) is 2.03. The molecule has 0 aliphatic rings. The van der Waals surface area contributed by atoms with Gasteiger partial charge in [0, 0.05) is 31.9 Å². The first-order valence-electron chi connectivity index (χ1n) is 7.97. The molecule has 3 heteroatoms. The molecule has 0 saturated heterocycles. The van der Waals surface area contributed by atoms with E-state index in [4.69, 9.17) is 4.99 Å². The molecule has 3 nitrogen and oxygen atoms in total. The van der Waals surface area contributed by atoms with E-state index in [2.05, 4.69) is 56.3 Å². The van der Waals surface area contributed by atoms with Gasteiger partial charge in [-0.15, -0.1) is 0 Å². The fraction of sp³-hybridized carbons (Fsp3) is 0.526. The summed E-state index contributed by atoms with van der Waals surface area (Å²) in [6, 6.07) is 0.0365. The van der Waals surface area contributed by atoms with Crippen molar-refractivity contribution in [1.29, 1.82) is 0 Å². The molecule has 0 aliphatic carbocycles. The number of aliphatic imine (C=N–C) groups is 1. The SMILES string of the molecule is C=C/C=C(/NC(=C)C)C(C)/N=C(\CC(C)/C=C/CC)N(C)C. The first kappa shape index (κ1) is 20.2. The first-order chi connectivity index (χ1) is 10.3. The highest BCUT2D eigenvalue weighted by Crippen LogP contribution is 2.12. The summed E-state index contributed by atoms with van der Waals surface area (Å²) >= 11 is 0. The van der Waals surface area contributed by atoms with Gasteiger partial charge in [-0.3, -0.25) is 4.99 Å². The van der Waals surface area contributed by atoms with E-state index in [9.17, 15) is 0 Å². The summed E-state index contributed by atoms with van der Waals surface area (Å²) in [5, 5.41) is 3.27. The lowest BCUT2D eigenvalue weighted by Crippen LogP contribution is -2.27. The topological polar surface area (TPSA) is 27.6 Å². The van der Waals surface area contributed by atoms with Crippen molar-refractivity contribution in [1.82, 2.24) is 10.2 Å². The van der Waals surface area contributed by atoms with E-state index in [-0.39, 0.29) is 6.04 Å². The minimum Gasteiger partial charge on any atom is -0.366 e. The van der Waals surface area contributed by atoms with Crippen molar-refractivity contribution in [3.63, 3.8) is 0 Å². The normalized spacial score (nSPS) is 15.5. The fourth-order valence-corrected chi connectivity index (χ4v) is 2.03. The minimum atomic E-state index is 0.0365. The van der Waals surface area contributed by atoms with Crippen molar-refractivity contribution in [2.45, 2.75) is 46.6 Å². The van der Waals surface area contributed by atoms with Gasteiger partial charge in [-0.1, -0.05) is 45.2 Å². The number of nitrogens with one attached hydrogen (secondary N) is 1. The van der Waals surface area contributed by atoms with Crippen LogP contribution in [0.5, 0.6) is 0 Å². The molecule has 0 rings (SSSR count). The van der Waals surface area contributed by atoms with Crippen LogP contribution < -0.4 is 5.32 Å². The van der Waals surface area contributed by atoms with Gasteiger partial charge in [0.05, 0.1) is 11.9 Å². The van der Waals surface area contributed by atoms with E-state index >= 15 is 0 Å². The third-order valence-electron chi connectivity index (χ3n) is 3.17. The van der Waals surface area contributed by atoms with Gasteiger partial charge in [-0.2, -0.15) is 0 Å². The molecule has 124 valence electrons. The van der Waals surface area contributed by atoms with Crippen LogP contribution in [0, 0.1) is 5.92 Å². The van der Waals surface area contributed by atoms with Crippen LogP contribution in [-0.4, -0.2) is 30.9 Å². The Morgan fingerprint density at radius 2 is 1.95 bits per heavy atom. The minimum absolute atomic E-state index is 0.0365. The molecule has 0 bridgehead atoms. The zero-order chi connectivity index (χ0) is 17.1. The second kappa shape index (κ2) is 10.9. The van der Waals surface area contributed by atoms with E-state index in [0.717, 1.165) is 30.1 Å². The second-order valence-corrected chi connectivity index (χ2v) is 5.90. The molecular formula is C19H33N3. The third kappa shape index (κ3) is 8.50. The van der Waals surface area contributed by atoms with Crippen LogP contribution in [0.25, 0.3) is 0 Å². The molecule has 0 spiro atoms. The average Bonchev–Trinajstić information content (AvgIpc) is 2.43. The molecular weight excluding hydrogens is 270 g/mol. The molecule has 0 aliphatic heterocycles. The Balaban J connectivity index is 5.16. The van der Waals surface area contributed by atoms with E-state index in [1.165, 1.54) is 0 Å². The molecule has 0 fully saturated rings. The van der Waals surface area contributed by atoms with Crippen LogP contribution in [-0.2, 0) is 0 Å². The summed E-state index contributed by atoms with van der Waals surface area (Å²) in [4.78, 5) is 6.98. The molecule has 1 N–H and O–H groups in total. The van der Waals surface area contributed by atoms with Gasteiger partial charge in [0.2, 0.25) is 0 Å². The molecule has 22 heavy (non-hydrogen) atoms. The van der Waals surface area contributed by atoms with Crippen LogP contribution >= 0.6 is 0 Å². The molecule has 0 aromatic heterocycles. The summed E-state index contributed by atoms with van der Waals surface area (Å²) < 4.78 is 0. The van der Waals surface area contributed by atoms with E-state index < -0.39 is 0 Å². The molecule has 2 atom stereocenters.